The van der Waals surface area contributed by atoms with Crippen molar-refractivity contribution in [1.82, 2.24) is 4.98 Å². The molecule has 196 valence electrons. The number of benzene rings is 2. The van der Waals surface area contributed by atoms with E-state index in [2.05, 4.69) is 9.51 Å². The van der Waals surface area contributed by atoms with Crippen LogP contribution in [0.2, 0.25) is 0 Å². The van der Waals surface area contributed by atoms with E-state index in [0.29, 0.717) is 24.3 Å². The van der Waals surface area contributed by atoms with Crippen molar-refractivity contribution in [1.29, 1.82) is 0 Å². The first-order chi connectivity index (χ1) is 16.9. The van der Waals surface area contributed by atoms with Gasteiger partial charge in [0.2, 0.25) is 0 Å². The Morgan fingerprint density at radius 3 is 2.36 bits per heavy atom. The Morgan fingerprint density at radius 1 is 1.06 bits per heavy atom. The minimum absolute atomic E-state index is 0.0936. The first-order valence-corrected chi connectivity index (χ1v) is 13.2. The standard InChI is InChI=1S/C23H26F3N2O6PS/c1-22(27,15-34-35(29,30)31)21-28-14-20(36-21)16-9-10-19(18(13-16)23(24,25)26)33-12-6-5-11-32-17-7-3-2-4-8-17/h2-4,7-10,13-14H,5-6,11-12,15,27H2,1H3,(H2,29,30,31). The first-order valence-electron chi connectivity index (χ1n) is 10.8. The van der Waals surface area contributed by atoms with E-state index >= 15 is 0 Å². The van der Waals surface area contributed by atoms with Gasteiger partial charge in [0.25, 0.3) is 0 Å². The number of halogens is 3. The van der Waals surface area contributed by atoms with Gasteiger partial charge < -0.3 is 25.0 Å². The molecular weight excluding hydrogens is 520 g/mol. The predicted molar refractivity (Wildman–Crippen MR) is 129 cm³/mol. The summed E-state index contributed by atoms with van der Waals surface area (Å²) < 4.78 is 67.7. The largest absolute Gasteiger partial charge is 0.494 e. The lowest BCUT2D eigenvalue weighted by atomic mass is 10.1. The van der Waals surface area contributed by atoms with Gasteiger partial charge in [-0.25, -0.2) is 9.55 Å². The van der Waals surface area contributed by atoms with Crippen LogP contribution >= 0.6 is 19.2 Å². The predicted octanol–water partition coefficient (Wildman–Crippen LogP) is 5.35. The molecule has 8 nitrogen and oxygen atoms in total. The minimum Gasteiger partial charge on any atom is -0.494 e. The summed E-state index contributed by atoms with van der Waals surface area (Å²) in [4.78, 5) is 22.3. The molecule has 0 bridgehead atoms. The molecule has 13 heteroatoms. The lowest BCUT2D eigenvalue weighted by Crippen LogP contribution is -2.37. The van der Waals surface area contributed by atoms with Crippen molar-refractivity contribution >= 4 is 19.2 Å². The molecule has 1 aromatic heterocycles. The minimum atomic E-state index is -4.74. The van der Waals surface area contributed by atoms with Gasteiger partial charge in [-0.15, -0.1) is 11.3 Å². The van der Waals surface area contributed by atoms with Gasteiger partial charge in [0.1, 0.15) is 16.5 Å². The number of nitrogens with two attached hydrogens (primary N) is 1. The number of alkyl halides is 3. The monoisotopic (exact) mass is 546 g/mol. The number of rotatable bonds is 12. The number of nitrogens with zero attached hydrogens (tertiary/aromatic N) is 1. The highest BCUT2D eigenvalue weighted by Crippen LogP contribution is 2.41. The number of para-hydroxylation sites is 1. The van der Waals surface area contributed by atoms with Crippen LogP contribution < -0.4 is 15.2 Å². The summed E-state index contributed by atoms with van der Waals surface area (Å²) in [5.74, 6) is 0.447. The molecule has 1 unspecified atom stereocenters. The van der Waals surface area contributed by atoms with Crippen molar-refractivity contribution in [2.45, 2.75) is 31.5 Å². The van der Waals surface area contributed by atoms with Gasteiger partial charge in [-0.1, -0.05) is 18.2 Å². The number of hydrogen-bond acceptors (Lipinski definition) is 7. The molecule has 0 amide bonds. The molecule has 0 aliphatic heterocycles. The fourth-order valence-corrected chi connectivity index (χ4v) is 4.47. The number of aromatic nitrogens is 1. The molecule has 36 heavy (non-hydrogen) atoms. The zero-order chi connectivity index (χ0) is 26.4. The molecule has 4 N–H and O–H groups in total. The summed E-state index contributed by atoms with van der Waals surface area (Å²) in [5.41, 5.74) is 4.03. The summed E-state index contributed by atoms with van der Waals surface area (Å²) in [6.07, 6.45) is -2.17. The molecule has 1 heterocycles. The third-order valence-electron chi connectivity index (χ3n) is 4.90. The van der Waals surface area contributed by atoms with Gasteiger partial charge in [0.15, 0.2) is 0 Å². The molecule has 1 atom stereocenters. The van der Waals surface area contributed by atoms with Gasteiger partial charge >= 0.3 is 14.0 Å². The van der Waals surface area contributed by atoms with E-state index in [1.54, 1.807) is 0 Å². The maximum Gasteiger partial charge on any atom is 0.469 e. The SMILES string of the molecule is CC(N)(COP(=O)(O)O)c1ncc(-c2ccc(OCCCCOc3ccccc3)c(C(F)(F)F)c2)s1. The lowest BCUT2D eigenvalue weighted by Gasteiger charge is -2.21. The van der Waals surface area contributed by atoms with Gasteiger partial charge in [-0.3, -0.25) is 4.52 Å². The fraction of sp³-hybridized carbons (Fsp3) is 0.348. The second kappa shape index (κ2) is 11.7. The van der Waals surface area contributed by atoms with Crippen LogP contribution in [0.15, 0.2) is 54.7 Å². The fourth-order valence-electron chi connectivity index (χ4n) is 3.08. The highest BCUT2D eigenvalue weighted by molar-refractivity contribution is 7.46. The van der Waals surface area contributed by atoms with Gasteiger partial charge in [-0.05, 0) is 55.7 Å². The topological polar surface area (TPSA) is 124 Å². The highest BCUT2D eigenvalue weighted by Gasteiger charge is 2.35. The lowest BCUT2D eigenvalue weighted by molar-refractivity contribution is -0.138. The third-order valence-corrected chi connectivity index (χ3v) is 6.70. The average Bonchev–Trinajstić information content (AvgIpc) is 3.31. The molecule has 2 aromatic carbocycles. The molecule has 0 aliphatic rings. The van der Waals surface area contributed by atoms with Gasteiger partial charge in [-0.2, -0.15) is 13.2 Å². The zero-order valence-corrected chi connectivity index (χ0v) is 21.0. The Bertz CT molecular complexity index is 1180. The van der Waals surface area contributed by atoms with Gasteiger partial charge in [0, 0.05) is 6.20 Å². The van der Waals surface area contributed by atoms with E-state index in [1.165, 1.54) is 25.3 Å². The van der Waals surface area contributed by atoms with Crippen LogP contribution in [0.25, 0.3) is 10.4 Å². The molecule has 3 aromatic rings. The quantitative estimate of drug-likeness (QED) is 0.205. The van der Waals surface area contributed by atoms with Crippen molar-refractivity contribution in [3.8, 4) is 21.9 Å². The van der Waals surface area contributed by atoms with E-state index in [4.69, 9.17) is 25.0 Å². The molecule has 0 aliphatic carbocycles. The number of unbranched alkanes of at least 4 members (excludes halogenated alkanes) is 1. The zero-order valence-electron chi connectivity index (χ0n) is 19.3. The Morgan fingerprint density at radius 2 is 1.72 bits per heavy atom. The average molecular weight is 547 g/mol. The molecule has 0 spiro atoms. The third kappa shape index (κ3) is 8.29. The maximum atomic E-state index is 13.7. The smallest absolute Gasteiger partial charge is 0.469 e. The molecule has 0 fully saturated rings. The highest BCUT2D eigenvalue weighted by atomic mass is 32.1. The molecule has 3 rings (SSSR count). The van der Waals surface area contributed by atoms with E-state index in [1.807, 2.05) is 30.3 Å². The summed E-state index contributed by atoms with van der Waals surface area (Å²) in [6.45, 7) is 1.44. The van der Waals surface area contributed by atoms with Crippen molar-refractivity contribution in [3.63, 3.8) is 0 Å². The first kappa shape index (κ1) is 28.1. The normalized spacial score (nSPS) is 13.9. The van der Waals surface area contributed by atoms with Crippen LogP contribution in [0.1, 0.15) is 30.3 Å². The van der Waals surface area contributed by atoms with Crippen LogP contribution in [-0.4, -0.2) is 34.6 Å². The Balaban J connectivity index is 1.64. The van der Waals surface area contributed by atoms with Crippen LogP contribution in [0.3, 0.4) is 0 Å². The van der Waals surface area contributed by atoms with Crippen LogP contribution in [0.5, 0.6) is 11.5 Å². The van der Waals surface area contributed by atoms with Crippen LogP contribution in [-0.2, 0) is 20.8 Å². The van der Waals surface area contributed by atoms with Gasteiger partial charge in [0.05, 0.1) is 35.8 Å². The Labute approximate surface area is 210 Å². The summed E-state index contributed by atoms with van der Waals surface area (Å²) in [6, 6.07) is 12.9. The number of ether oxygens (including phenoxy) is 2. The Hall–Kier alpha value is -2.47. The van der Waals surface area contributed by atoms with E-state index in [9.17, 15) is 17.7 Å². The summed E-state index contributed by atoms with van der Waals surface area (Å²) >= 11 is 1.00. The number of hydrogen-bond donors (Lipinski definition) is 3. The van der Waals surface area contributed by atoms with E-state index < -0.39 is 31.7 Å². The number of phosphoric acid groups is 1. The second-order valence-electron chi connectivity index (χ2n) is 8.14. The molecular formula is C23H26F3N2O6PS. The molecule has 0 saturated carbocycles. The molecule has 0 radical (unpaired) electrons. The van der Waals surface area contributed by atoms with Crippen molar-refractivity contribution in [2.24, 2.45) is 5.73 Å². The van der Waals surface area contributed by atoms with Crippen LogP contribution in [0, 0.1) is 0 Å². The second-order valence-corrected chi connectivity index (χ2v) is 10.4. The van der Waals surface area contributed by atoms with Crippen molar-refractivity contribution in [3.05, 3.63) is 65.3 Å². The number of thiazole rings is 1. The van der Waals surface area contributed by atoms with E-state index in [0.717, 1.165) is 23.2 Å². The maximum absolute atomic E-state index is 13.7. The van der Waals surface area contributed by atoms with Crippen molar-refractivity contribution < 1.29 is 41.5 Å². The van der Waals surface area contributed by atoms with E-state index in [-0.39, 0.29) is 22.9 Å². The Kier molecular flexibility index (Phi) is 9.15. The van der Waals surface area contributed by atoms with Crippen LogP contribution in [0.4, 0.5) is 13.2 Å². The van der Waals surface area contributed by atoms with Crippen molar-refractivity contribution in [2.75, 3.05) is 19.8 Å². The number of phosphoric ester groups is 1. The summed E-state index contributed by atoms with van der Waals surface area (Å²) in [5, 5.41) is 0.248. The molecule has 0 saturated heterocycles. The summed E-state index contributed by atoms with van der Waals surface area (Å²) in [7, 11) is -4.74.